The molecule has 3 rings (SSSR count). The molecule has 2 saturated heterocycles. The van der Waals surface area contributed by atoms with Gasteiger partial charge in [-0.3, -0.25) is 14.5 Å². The second-order valence-electron chi connectivity index (χ2n) is 6.40. The van der Waals surface area contributed by atoms with Crippen LogP contribution in [0.25, 0.3) is 0 Å². The second-order valence-corrected chi connectivity index (χ2v) is 9.12. The van der Waals surface area contributed by atoms with Gasteiger partial charge in [0.15, 0.2) is 6.61 Å². The summed E-state index contributed by atoms with van der Waals surface area (Å²) in [5.41, 5.74) is -0.247. The number of carbonyl (C=O) groups excluding carboxylic acids is 3. The van der Waals surface area contributed by atoms with Gasteiger partial charge in [0.25, 0.3) is 5.91 Å². The first kappa shape index (κ1) is 22.0. The van der Waals surface area contributed by atoms with Crippen molar-refractivity contribution in [1.82, 2.24) is 9.21 Å². The molecule has 2 aliphatic heterocycles. The fourth-order valence-corrected chi connectivity index (χ4v) is 5.24. The number of amides is 2. The van der Waals surface area contributed by atoms with Crippen LogP contribution >= 0.6 is 23.2 Å². The maximum Gasteiger partial charge on any atom is 0.340 e. The highest BCUT2D eigenvalue weighted by atomic mass is 35.5. The Labute approximate surface area is 177 Å². The van der Waals surface area contributed by atoms with Gasteiger partial charge < -0.3 is 9.47 Å². The van der Waals surface area contributed by atoms with Crippen LogP contribution in [0.15, 0.2) is 17.0 Å². The standard InChI is InChI=1S/C17H18Cl2N2O7S/c18-12-9-13(19)14(29(25,26)20-4-6-27-7-5-20)8-11(12)17(24)28-10-16(23)21-3-1-2-15(21)22/h8-9H,1-7,10H2. The molecule has 1 aromatic rings. The Hall–Kier alpha value is -1.72. The van der Waals surface area contributed by atoms with Gasteiger partial charge in [-0.15, -0.1) is 0 Å². The zero-order valence-electron chi connectivity index (χ0n) is 15.2. The number of ether oxygens (including phenoxy) is 2. The summed E-state index contributed by atoms with van der Waals surface area (Å²) in [4.78, 5) is 36.7. The van der Waals surface area contributed by atoms with E-state index in [4.69, 9.17) is 32.7 Å². The quantitative estimate of drug-likeness (QED) is 0.604. The number of imide groups is 1. The van der Waals surface area contributed by atoms with E-state index in [0.29, 0.717) is 6.42 Å². The number of halogens is 2. The topological polar surface area (TPSA) is 110 Å². The Bertz CT molecular complexity index is 945. The third kappa shape index (κ3) is 4.72. The fourth-order valence-electron chi connectivity index (χ4n) is 3.00. The molecular formula is C17H18Cl2N2O7S. The van der Waals surface area contributed by atoms with E-state index in [-0.39, 0.29) is 65.7 Å². The Kier molecular flexibility index (Phi) is 6.79. The van der Waals surface area contributed by atoms with E-state index in [1.165, 1.54) is 4.31 Å². The van der Waals surface area contributed by atoms with Gasteiger partial charge in [-0.25, -0.2) is 13.2 Å². The summed E-state index contributed by atoms with van der Waals surface area (Å²) in [5, 5.41) is -0.262. The third-order valence-electron chi connectivity index (χ3n) is 4.53. The molecule has 2 heterocycles. The van der Waals surface area contributed by atoms with Gasteiger partial charge in [-0.2, -0.15) is 4.31 Å². The van der Waals surface area contributed by atoms with Gasteiger partial charge >= 0.3 is 5.97 Å². The number of sulfonamides is 1. The Morgan fingerprint density at radius 1 is 1.10 bits per heavy atom. The van der Waals surface area contributed by atoms with Crippen LogP contribution < -0.4 is 0 Å². The SMILES string of the molecule is O=C(OCC(=O)N1CCCC1=O)c1cc(S(=O)(=O)N2CCOCC2)c(Cl)cc1Cl. The molecule has 9 nitrogen and oxygen atoms in total. The number of carbonyl (C=O) groups is 3. The highest BCUT2D eigenvalue weighted by Crippen LogP contribution is 2.31. The van der Waals surface area contributed by atoms with Crippen LogP contribution in [-0.4, -0.2) is 74.9 Å². The zero-order chi connectivity index (χ0) is 21.2. The normalized spacial score (nSPS) is 18.1. The number of hydrogen-bond donors (Lipinski definition) is 0. The minimum absolute atomic E-state index is 0.120. The summed E-state index contributed by atoms with van der Waals surface area (Å²) in [6.45, 7) is 0.417. The Morgan fingerprint density at radius 3 is 2.41 bits per heavy atom. The lowest BCUT2D eigenvalue weighted by molar-refractivity contribution is -0.143. The van der Waals surface area contributed by atoms with E-state index < -0.39 is 28.5 Å². The lowest BCUT2D eigenvalue weighted by atomic mass is 10.2. The van der Waals surface area contributed by atoms with E-state index >= 15 is 0 Å². The molecule has 0 atom stereocenters. The first-order valence-corrected chi connectivity index (χ1v) is 11.0. The predicted octanol–water partition coefficient (Wildman–Crippen LogP) is 1.32. The van der Waals surface area contributed by atoms with E-state index in [1.807, 2.05) is 0 Å². The van der Waals surface area contributed by atoms with E-state index in [1.54, 1.807) is 0 Å². The molecule has 0 unspecified atom stereocenters. The molecule has 158 valence electrons. The number of esters is 1. The molecule has 0 N–H and O–H groups in total. The molecule has 2 amide bonds. The molecule has 0 aliphatic carbocycles. The van der Waals surface area contributed by atoms with Crippen LogP contribution in [-0.2, 0) is 29.1 Å². The molecule has 0 radical (unpaired) electrons. The molecule has 0 spiro atoms. The zero-order valence-corrected chi connectivity index (χ0v) is 17.6. The molecule has 29 heavy (non-hydrogen) atoms. The van der Waals surface area contributed by atoms with E-state index in [9.17, 15) is 22.8 Å². The number of nitrogens with zero attached hydrogens (tertiary/aromatic N) is 2. The minimum Gasteiger partial charge on any atom is -0.452 e. The van der Waals surface area contributed by atoms with Gasteiger partial charge in [0.1, 0.15) is 4.90 Å². The van der Waals surface area contributed by atoms with Crippen molar-refractivity contribution in [1.29, 1.82) is 0 Å². The lowest BCUT2D eigenvalue weighted by Gasteiger charge is -2.26. The van der Waals surface area contributed by atoms with Crippen LogP contribution in [0, 0.1) is 0 Å². The molecule has 2 aliphatic rings. The van der Waals surface area contributed by atoms with E-state index in [2.05, 4.69) is 0 Å². The maximum atomic E-state index is 12.9. The summed E-state index contributed by atoms with van der Waals surface area (Å²) in [6, 6.07) is 2.17. The first-order valence-electron chi connectivity index (χ1n) is 8.79. The van der Waals surface area contributed by atoms with Crippen LogP contribution in [0.1, 0.15) is 23.2 Å². The average molecular weight is 465 g/mol. The van der Waals surface area contributed by atoms with Crippen LogP contribution in [0.3, 0.4) is 0 Å². The van der Waals surface area contributed by atoms with Crippen LogP contribution in [0.5, 0.6) is 0 Å². The van der Waals surface area contributed by atoms with Crippen molar-refractivity contribution in [3.8, 4) is 0 Å². The minimum atomic E-state index is -3.98. The van der Waals surface area contributed by atoms with Crippen LogP contribution in [0.2, 0.25) is 10.0 Å². The van der Waals surface area contributed by atoms with Gasteiger partial charge in [-0.05, 0) is 18.6 Å². The van der Waals surface area contributed by atoms with Crippen molar-refractivity contribution in [3.63, 3.8) is 0 Å². The van der Waals surface area contributed by atoms with Gasteiger partial charge in [-0.1, -0.05) is 23.2 Å². The number of hydrogen-bond acceptors (Lipinski definition) is 7. The number of rotatable bonds is 5. The summed E-state index contributed by atoms with van der Waals surface area (Å²) in [5.74, 6) is -1.97. The average Bonchev–Trinajstić information content (AvgIpc) is 3.12. The van der Waals surface area contributed by atoms with Gasteiger partial charge in [0, 0.05) is 26.1 Å². The van der Waals surface area contributed by atoms with Crippen molar-refractivity contribution in [2.24, 2.45) is 0 Å². The highest BCUT2D eigenvalue weighted by Gasteiger charge is 2.31. The molecule has 0 bridgehead atoms. The number of morpholine rings is 1. The number of likely N-dealkylation sites (tertiary alicyclic amines) is 1. The van der Waals surface area contributed by atoms with E-state index in [0.717, 1.165) is 17.0 Å². The van der Waals surface area contributed by atoms with Crippen LogP contribution in [0.4, 0.5) is 0 Å². The monoisotopic (exact) mass is 464 g/mol. The highest BCUT2D eigenvalue weighted by molar-refractivity contribution is 7.89. The molecule has 0 aromatic heterocycles. The van der Waals surface area contributed by atoms with Crippen molar-refractivity contribution in [2.75, 3.05) is 39.5 Å². The number of benzene rings is 1. The van der Waals surface area contributed by atoms with Gasteiger partial charge in [0.2, 0.25) is 15.9 Å². The molecule has 12 heteroatoms. The second kappa shape index (κ2) is 8.97. The summed E-state index contributed by atoms with van der Waals surface area (Å²) >= 11 is 12.1. The predicted molar refractivity (Wildman–Crippen MR) is 102 cm³/mol. The Balaban J connectivity index is 1.78. The van der Waals surface area contributed by atoms with Crippen molar-refractivity contribution >= 4 is 51.0 Å². The summed E-state index contributed by atoms with van der Waals surface area (Å²) in [7, 11) is -3.98. The lowest BCUT2D eigenvalue weighted by Crippen LogP contribution is -2.40. The van der Waals surface area contributed by atoms with Crippen molar-refractivity contribution in [2.45, 2.75) is 17.7 Å². The summed E-state index contributed by atoms with van der Waals surface area (Å²) < 4.78 is 37.0. The largest absolute Gasteiger partial charge is 0.452 e. The Morgan fingerprint density at radius 2 is 1.79 bits per heavy atom. The molecule has 0 saturated carbocycles. The molecule has 2 fully saturated rings. The molecular weight excluding hydrogens is 447 g/mol. The fraction of sp³-hybridized carbons (Fsp3) is 0.471. The maximum absolute atomic E-state index is 12.9. The third-order valence-corrected chi connectivity index (χ3v) is 7.21. The smallest absolute Gasteiger partial charge is 0.340 e. The van der Waals surface area contributed by atoms with Crippen molar-refractivity contribution in [3.05, 3.63) is 27.7 Å². The molecule has 1 aromatic carbocycles. The first-order chi connectivity index (χ1) is 13.7. The van der Waals surface area contributed by atoms with Crippen molar-refractivity contribution < 1.29 is 32.3 Å². The van der Waals surface area contributed by atoms with Gasteiger partial charge in [0.05, 0.1) is 28.8 Å². The summed E-state index contributed by atoms with van der Waals surface area (Å²) in [6.07, 6.45) is 0.829.